The van der Waals surface area contributed by atoms with Crippen LogP contribution in [0.2, 0.25) is 0 Å². The molecule has 1 aromatic carbocycles. The maximum atomic E-state index is 12.5. The third-order valence-corrected chi connectivity index (χ3v) is 6.54. The Morgan fingerprint density at radius 2 is 2.05 bits per heavy atom. The standard InChI is InChI=1S/C18H22O3/c1-18-7-6-12-11-3-2-10(19)8-14(11)16(20)9-13(12)15(18)4-5-17(18)21/h2-3,8,12-13,15,17,19,21H,4-7,9H2,1H3/t12-,13+,15+,17-,18-/m0/s1. The van der Waals surface area contributed by atoms with Gasteiger partial charge in [-0.2, -0.15) is 0 Å². The molecule has 0 radical (unpaired) electrons. The molecular formula is C18H22O3. The van der Waals surface area contributed by atoms with E-state index >= 15 is 0 Å². The molecule has 0 aliphatic heterocycles. The monoisotopic (exact) mass is 286 g/mol. The highest BCUT2D eigenvalue weighted by Gasteiger charge is 2.55. The molecule has 3 nitrogen and oxygen atoms in total. The molecule has 0 saturated heterocycles. The second-order valence-electron chi connectivity index (χ2n) is 7.41. The van der Waals surface area contributed by atoms with E-state index in [1.165, 1.54) is 0 Å². The third kappa shape index (κ3) is 1.73. The van der Waals surface area contributed by atoms with E-state index in [1.807, 2.05) is 6.07 Å². The minimum atomic E-state index is -0.209. The predicted octanol–water partition coefficient (Wildman–Crippen LogP) is 3.25. The van der Waals surface area contributed by atoms with Gasteiger partial charge in [0.15, 0.2) is 5.78 Å². The number of ketones is 1. The number of phenolic OH excluding ortho intramolecular Hbond substituents is 1. The van der Waals surface area contributed by atoms with Crippen molar-refractivity contribution in [3.63, 3.8) is 0 Å². The average Bonchev–Trinajstić information content (AvgIpc) is 2.76. The number of phenols is 1. The molecule has 0 unspecified atom stereocenters. The van der Waals surface area contributed by atoms with Crippen molar-refractivity contribution in [2.75, 3.05) is 0 Å². The van der Waals surface area contributed by atoms with Gasteiger partial charge in [-0.25, -0.2) is 0 Å². The second-order valence-corrected chi connectivity index (χ2v) is 7.41. The minimum Gasteiger partial charge on any atom is -0.508 e. The molecule has 3 aliphatic carbocycles. The molecule has 112 valence electrons. The van der Waals surface area contributed by atoms with Gasteiger partial charge in [0.1, 0.15) is 5.75 Å². The Morgan fingerprint density at radius 1 is 1.24 bits per heavy atom. The fourth-order valence-electron chi connectivity index (χ4n) is 5.36. The first-order chi connectivity index (χ1) is 10.0. The van der Waals surface area contributed by atoms with E-state index in [2.05, 4.69) is 6.92 Å². The summed E-state index contributed by atoms with van der Waals surface area (Å²) in [5.41, 5.74) is 1.84. The first-order valence-electron chi connectivity index (χ1n) is 8.05. The van der Waals surface area contributed by atoms with Crippen LogP contribution < -0.4 is 0 Å². The van der Waals surface area contributed by atoms with Crippen LogP contribution in [0.4, 0.5) is 0 Å². The maximum absolute atomic E-state index is 12.5. The van der Waals surface area contributed by atoms with Gasteiger partial charge in [-0.3, -0.25) is 4.79 Å². The highest BCUT2D eigenvalue weighted by Crippen LogP contribution is 2.60. The summed E-state index contributed by atoms with van der Waals surface area (Å²) in [7, 11) is 0. The van der Waals surface area contributed by atoms with Gasteiger partial charge in [-0.15, -0.1) is 0 Å². The molecule has 0 amide bonds. The Bertz CT molecular complexity index is 608. The van der Waals surface area contributed by atoms with Gasteiger partial charge in [-0.1, -0.05) is 13.0 Å². The lowest BCUT2D eigenvalue weighted by molar-refractivity contribution is -0.0208. The number of hydrogen-bond acceptors (Lipinski definition) is 3. The van der Waals surface area contributed by atoms with Crippen molar-refractivity contribution in [3.8, 4) is 5.75 Å². The number of hydrogen-bond donors (Lipinski definition) is 2. The fraction of sp³-hybridized carbons (Fsp3) is 0.611. The van der Waals surface area contributed by atoms with Crippen molar-refractivity contribution in [3.05, 3.63) is 29.3 Å². The summed E-state index contributed by atoms with van der Waals surface area (Å²) in [6.07, 6.45) is 4.36. The summed E-state index contributed by atoms with van der Waals surface area (Å²) in [5.74, 6) is 1.58. The van der Waals surface area contributed by atoms with E-state index in [1.54, 1.807) is 12.1 Å². The van der Waals surface area contributed by atoms with Crippen LogP contribution >= 0.6 is 0 Å². The van der Waals surface area contributed by atoms with Crippen LogP contribution in [0.15, 0.2) is 18.2 Å². The molecule has 2 N–H and O–H groups in total. The van der Waals surface area contributed by atoms with Crippen LogP contribution in [-0.4, -0.2) is 22.1 Å². The molecule has 21 heavy (non-hydrogen) atoms. The fourth-order valence-corrected chi connectivity index (χ4v) is 5.36. The van der Waals surface area contributed by atoms with Crippen LogP contribution in [0.1, 0.15) is 60.9 Å². The number of aliphatic hydroxyl groups is 1. The van der Waals surface area contributed by atoms with E-state index in [0.29, 0.717) is 24.2 Å². The molecule has 0 bridgehead atoms. The van der Waals surface area contributed by atoms with Gasteiger partial charge < -0.3 is 10.2 Å². The highest BCUT2D eigenvalue weighted by atomic mass is 16.3. The topological polar surface area (TPSA) is 57.5 Å². The number of fused-ring (bicyclic) bond motifs is 5. The Labute approximate surface area is 125 Å². The number of aromatic hydroxyl groups is 1. The van der Waals surface area contributed by atoms with Crippen molar-refractivity contribution in [2.24, 2.45) is 17.3 Å². The minimum absolute atomic E-state index is 0.00410. The molecule has 1 aromatic rings. The van der Waals surface area contributed by atoms with E-state index < -0.39 is 0 Å². The van der Waals surface area contributed by atoms with Gasteiger partial charge in [0.2, 0.25) is 0 Å². The number of Topliss-reactive ketones (excluding diaryl/α,β-unsaturated/α-hetero) is 1. The summed E-state index contributed by atoms with van der Waals surface area (Å²) < 4.78 is 0. The quantitative estimate of drug-likeness (QED) is 0.769. The van der Waals surface area contributed by atoms with Crippen LogP contribution in [0.3, 0.4) is 0 Å². The van der Waals surface area contributed by atoms with Gasteiger partial charge in [0.25, 0.3) is 0 Å². The van der Waals surface area contributed by atoms with E-state index in [9.17, 15) is 15.0 Å². The summed E-state index contributed by atoms with van der Waals surface area (Å²) in [6.45, 7) is 2.21. The smallest absolute Gasteiger partial charge is 0.163 e. The summed E-state index contributed by atoms with van der Waals surface area (Å²) in [4.78, 5) is 12.5. The lowest BCUT2D eigenvalue weighted by Crippen LogP contribution is -2.44. The Balaban J connectivity index is 1.77. The first-order valence-corrected chi connectivity index (χ1v) is 8.05. The normalized spacial score (nSPS) is 41.3. The largest absolute Gasteiger partial charge is 0.508 e. The van der Waals surface area contributed by atoms with Crippen LogP contribution in [-0.2, 0) is 0 Å². The third-order valence-electron chi connectivity index (χ3n) is 6.54. The Hall–Kier alpha value is -1.35. The summed E-state index contributed by atoms with van der Waals surface area (Å²) in [5, 5.41) is 20.0. The number of benzene rings is 1. The molecule has 3 heteroatoms. The zero-order valence-corrected chi connectivity index (χ0v) is 12.4. The van der Waals surface area contributed by atoms with E-state index in [-0.39, 0.29) is 23.1 Å². The van der Waals surface area contributed by atoms with Gasteiger partial charge in [0.05, 0.1) is 6.10 Å². The second kappa shape index (κ2) is 4.33. The average molecular weight is 286 g/mol. The maximum Gasteiger partial charge on any atom is 0.163 e. The molecule has 2 fully saturated rings. The molecule has 3 aliphatic rings. The predicted molar refractivity (Wildman–Crippen MR) is 79.4 cm³/mol. The molecular weight excluding hydrogens is 264 g/mol. The number of carbonyl (C=O) groups is 1. The van der Waals surface area contributed by atoms with E-state index in [4.69, 9.17) is 0 Å². The highest BCUT2D eigenvalue weighted by molar-refractivity contribution is 5.99. The number of aliphatic hydroxyl groups excluding tert-OH is 1. The van der Waals surface area contributed by atoms with Gasteiger partial charge >= 0.3 is 0 Å². The molecule has 4 rings (SSSR count). The zero-order valence-electron chi connectivity index (χ0n) is 12.4. The van der Waals surface area contributed by atoms with Crippen molar-refractivity contribution < 1.29 is 15.0 Å². The number of carbonyl (C=O) groups excluding carboxylic acids is 1. The molecule has 2 saturated carbocycles. The lowest BCUT2D eigenvalue weighted by atomic mass is 9.55. The van der Waals surface area contributed by atoms with Crippen molar-refractivity contribution in [1.82, 2.24) is 0 Å². The molecule has 5 atom stereocenters. The van der Waals surface area contributed by atoms with Crippen LogP contribution in [0, 0.1) is 17.3 Å². The van der Waals surface area contributed by atoms with Crippen molar-refractivity contribution in [2.45, 2.75) is 51.0 Å². The van der Waals surface area contributed by atoms with Gasteiger partial charge in [-0.05, 0) is 66.5 Å². The lowest BCUT2D eigenvalue weighted by Gasteiger charge is -2.49. The van der Waals surface area contributed by atoms with Crippen molar-refractivity contribution >= 4 is 5.78 Å². The summed E-state index contributed by atoms with van der Waals surface area (Å²) in [6, 6.07) is 5.27. The SMILES string of the molecule is C[C@]12CC[C@H]3c4ccc(O)cc4C(=O)C[C@H]3[C@H]1CC[C@@H]2O. The summed E-state index contributed by atoms with van der Waals surface area (Å²) >= 11 is 0. The van der Waals surface area contributed by atoms with Crippen LogP contribution in [0.25, 0.3) is 0 Å². The first kappa shape index (κ1) is 13.3. The van der Waals surface area contributed by atoms with E-state index in [0.717, 1.165) is 36.8 Å². The Morgan fingerprint density at radius 3 is 2.86 bits per heavy atom. The molecule has 0 spiro atoms. The van der Waals surface area contributed by atoms with Gasteiger partial charge in [0, 0.05) is 12.0 Å². The number of rotatable bonds is 0. The van der Waals surface area contributed by atoms with Crippen molar-refractivity contribution in [1.29, 1.82) is 0 Å². The molecule has 0 aromatic heterocycles. The Kier molecular flexibility index (Phi) is 2.74. The van der Waals surface area contributed by atoms with Crippen LogP contribution in [0.5, 0.6) is 5.75 Å². The molecule has 0 heterocycles. The zero-order chi connectivity index (χ0) is 14.8.